The zero-order valence-electron chi connectivity index (χ0n) is 12.2. The zero-order valence-corrected chi connectivity index (χ0v) is 13.0. The highest BCUT2D eigenvalue weighted by atomic mass is 32.2. The first-order chi connectivity index (χ1) is 9.99. The third-order valence-electron chi connectivity index (χ3n) is 3.55. The second-order valence-corrected chi connectivity index (χ2v) is 6.66. The fourth-order valence-electron chi connectivity index (χ4n) is 2.55. The number of ether oxygens (including phenoxy) is 1. The number of carbonyl (C=O) groups excluding carboxylic acids is 1. The number of hydrogen-bond acceptors (Lipinski definition) is 5. The number of anilines is 1. The Morgan fingerprint density at radius 2 is 2.14 bits per heavy atom. The Kier molecular flexibility index (Phi) is 4.84. The van der Waals surface area contributed by atoms with E-state index in [4.69, 9.17) is 4.74 Å². The summed E-state index contributed by atoms with van der Waals surface area (Å²) in [5.41, 5.74) is 0.629. The van der Waals surface area contributed by atoms with Crippen LogP contribution in [0.25, 0.3) is 0 Å². The van der Waals surface area contributed by atoms with Gasteiger partial charge in [0.2, 0.25) is 10.0 Å². The molecule has 1 atom stereocenters. The number of benzene rings is 1. The Hall–Kier alpha value is -1.60. The van der Waals surface area contributed by atoms with Gasteiger partial charge in [-0.25, -0.2) is 13.1 Å². The molecule has 1 fully saturated rings. The predicted molar refractivity (Wildman–Crippen MR) is 79.6 cm³/mol. The molecule has 0 spiro atoms. The number of carbonyl (C=O) groups is 1. The quantitative estimate of drug-likeness (QED) is 0.820. The van der Waals surface area contributed by atoms with Crippen LogP contribution in [0.15, 0.2) is 29.2 Å². The molecule has 1 aliphatic rings. The Morgan fingerprint density at radius 3 is 2.81 bits per heavy atom. The largest absolute Gasteiger partial charge is 0.469 e. The molecule has 0 amide bonds. The van der Waals surface area contributed by atoms with Crippen molar-refractivity contribution >= 4 is 21.7 Å². The van der Waals surface area contributed by atoms with Crippen molar-refractivity contribution in [3.63, 3.8) is 0 Å². The Morgan fingerprint density at radius 1 is 1.43 bits per heavy atom. The Labute approximate surface area is 125 Å². The summed E-state index contributed by atoms with van der Waals surface area (Å²) in [4.78, 5) is 13.8. The number of methoxy groups -OCH3 is 1. The lowest BCUT2D eigenvalue weighted by molar-refractivity contribution is -0.144. The zero-order chi connectivity index (χ0) is 15.5. The topological polar surface area (TPSA) is 75.7 Å². The first-order valence-corrected chi connectivity index (χ1v) is 8.39. The van der Waals surface area contributed by atoms with Gasteiger partial charge in [0, 0.05) is 19.6 Å². The maximum atomic E-state index is 12.3. The summed E-state index contributed by atoms with van der Waals surface area (Å²) >= 11 is 0. The lowest BCUT2D eigenvalue weighted by Gasteiger charge is -2.21. The average molecular weight is 312 g/mol. The van der Waals surface area contributed by atoms with Crippen molar-refractivity contribution in [1.82, 2.24) is 4.72 Å². The van der Waals surface area contributed by atoms with E-state index < -0.39 is 10.0 Å². The van der Waals surface area contributed by atoms with Crippen LogP contribution >= 0.6 is 0 Å². The van der Waals surface area contributed by atoms with E-state index in [0.29, 0.717) is 31.7 Å². The molecule has 2 rings (SSSR count). The molecule has 1 heterocycles. The van der Waals surface area contributed by atoms with Crippen LogP contribution in [-0.4, -0.2) is 41.1 Å². The van der Waals surface area contributed by atoms with Crippen LogP contribution in [0.3, 0.4) is 0 Å². The maximum Gasteiger partial charge on any atom is 0.310 e. The lowest BCUT2D eigenvalue weighted by Crippen LogP contribution is -2.28. The fourth-order valence-corrected chi connectivity index (χ4v) is 3.82. The number of hydrogen-bond donors (Lipinski definition) is 1. The Bertz CT molecular complexity index is 615. The second-order valence-electron chi connectivity index (χ2n) is 4.92. The molecular formula is C14H20N2O4S. The van der Waals surface area contributed by atoms with Crippen LogP contribution in [0.5, 0.6) is 0 Å². The maximum absolute atomic E-state index is 12.3. The summed E-state index contributed by atoms with van der Waals surface area (Å²) in [7, 11) is -2.16. The van der Waals surface area contributed by atoms with E-state index in [9.17, 15) is 13.2 Å². The van der Waals surface area contributed by atoms with Crippen LogP contribution in [0.1, 0.15) is 13.3 Å². The van der Waals surface area contributed by atoms with Gasteiger partial charge in [0.1, 0.15) is 4.90 Å². The molecule has 116 valence electrons. The van der Waals surface area contributed by atoms with Gasteiger partial charge >= 0.3 is 5.97 Å². The van der Waals surface area contributed by atoms with Gasteiger partial charge in [-0.05, 0) is 18.6 Å². The van der Waals surface area contributed by atoms with Crippen molar-refractivity contribution in [2.45, 2.75) is 18.2 Å². The van der Waals surface area contributed by atoms with Crippen LogP contribution < -0.4 is 9.62 Å². The third-order valence-corrected chi connectivity index (χ3v) is 5.15. The van der Waals surface area contributed by atoms with Gasteiger partial charge in [-0.3, -0.25) is 4.79 Å². The minimum absolute atomic E-state index is 0.204. The summed E-state index contributed by atoms with van der Waals surface area (Å²) < 4.78 is 31.8. The molecular weight excluding hydrogens is 292 g/mol. The first-order valence-electron chi connectivity index (χ1n) is 6.91. The molecule has 21 heavy (non-hydrogen) atoms. The van der Waals surface area contributed by atoms with E-state index in [-0.39, 0.29) is 16.8 Å². The van der Waals surface area contributed by atoms with Crippen LogP contribution in [0, 0.1) is 5.92 Å². The molecule has 6 nitrogen and oxygen atoms in total. The van der Waals surface area contributed by atoms with Crippen molar-refractivity contribution in [3.8, 4) is 0 Å². The molecule has 1 aromatic carbocycles. The highest BCUT2D eigenvalue weighted by Crippen LogP contribution is 2.30. The summed E-state index contributed by atoms with van der Waals surface area (Å²) in [6.07, 6.45) is 0.669. The van der Waals surface area contributed by atoms with E-state index in [2.05, 4.69) is 4.72 Å². The van der Waals surface area contributed by atoms with Gasteiger partial charge in [-0.2, -0.15) is 0 Å². The smallest absolute Gasteiger partial charge is 0.310 e. The van der Waals surface area contributed by atoms with Crippen LogP contribution in [0.2, 0.25) is 0 Å². The number of para-hydroxylation sites is 1. The number of nitrogens with one attached hydrogen (secondary N) is 1. The van der Waals surface area contributed by atoms with Crippen molar-refractivity contribution < 1.29 is 17.9 Å². The Balaban J connectivity index is 2.28. The molecule has 0 aliphatic carbocycles. The van der Waals surface area contributed by atoms with Gasteiger partial charge in [-0.15, -0.1) is 0 Å². The van der Waals surface area contributed by atoms with Gasteiger partial charge in [0.25, 0.3) is 0 Å². The second kappa shape index (κ2) is 6.44. The summed E-state index contributed by atoms with van der Waals surface area (Å²) in [5, 5.41) is 0. The number of esters is 1. The van der Waals surface area contributed by atoms with Gasteiger partial charge in [-0.1, -0.05) is 19.1 Å². The van der Waals surface area contributed by atoms with E-state index in [0.717, 1.165) is 0 Å². The van der Waals surface area contributed by atoms with Gasteiger partial charge < -0.3 is 9.64 Å². The molecule has 7 heteroatoms. The fraction of sp³-hybridized carbons (Fsp3) is 0.500. The first kappa shape index (κ1) is 15.8. The number of rotatable bonds is 5. The minimum Gasteiger partial charge on any atom is -0.469 e. The van der Waals surface area contributed by atoms with E-state index in [1.54, 1.807) is 31.2 Å². The van der Waals surface area contributed by atoms with Crippen LogP contribution in [-0.2, 0) is 19.6 Å². The molecule has 1 unspecified atom stereocenters. The summed E-state index contributed by atoms with van der Waals surface area (Å²) in [6, 6.07) is 6.84. The SMILES string of the molecule is CCNS(=O)(=O)c1ccccc1N1CCC(C(=O)OC)C1. The van der Waals surface area contributed by atoms with Crippen LogP contribution in [0.4, 0.5) is 5.69 Å². The standard InChI is InChI=1S/C14H20N2O4S/c1-3-15-21(18,19)13-7-5-4-6-12(13)16-9-8-11(10-16)14(17)20-2/h4-7,11,15H,3,8-10H2,1-2H3. The molecule has 0 bridgehead atoms. The molecule has 1 aromatic rings. The number of sulfonamides is 1. The van der Waals surface area contributed by atoms with Gasteiger partial charge in [0.15, 0.2) is 0 Å². The highest BCUT2D eigenvalue weighted by Gasteiger charge is 2.31. The monoisotopic (exact) mass is 312 g/mol. The average Bonchev–Trinajstić information content (AvgIpc) is 2.96. The number of nitrogens with zero attached hydrogens (tertiary/aromatic N) is 1. The minimum atomic E-state index is -3.53. The third kappa shape index (κ3) is 3.36. The highest BCUT2D eigenvalue weighted by molar-refractivity contribution is 7.89. The molecule has 0 saturated carbocycles. The lowest BCUT2D eigenvalue weighted by atomic mass is 10.1. The van der Waals surface area contributed by atoms with Gasteiger partial charge in [0.05, 0.1) is 18.7 Å². The van der Waals surface area contributed by atoms with Crippen molar-refractivity contribution in [2.24, 2.45) is 5.92 Å². The molecule has 0 aromatic heterocycles. The summed E-state index contributed by atoms with van der Waals surface area (Å²) in [5.74, 6) is -0.450. The molecule has 1 aliphatic heterocycles. The van der Waals surface area contributed by atoms with E-state index in [1.165, 1.54) is 7.11 Å². The molecule has 1 N–H and O–H groups in total. The van der Waals surface area contributed by atoms with Crippen molar-refractivity contribution in [2.75, 3.05) is 31.6 Å². The normalized spacial score (nSPS) is 18.8. The van der Waals surface area contributed by atoms with Crippen molar-refractivity contribution in [3.05, 3.63) is 24.3 Å². The van der Waals surface area contributed by atoms with E-state index in [1.807, 2.05) is 4.90 Å². The molecule has 0 radical (unpaired) electrons. The van der Waals surface area contributed by atoms with Crippen molar-refractivity contribution in [1.29, 1.82) is 0 Å². The predicted octanol–water partition coefficient (Wildman–Crippen LogP) is 0.984. The molecule has 1 saturated heterocycles. The van der Waals surface area contributed by atoms with E-state index >= 15 is 0 Å². The summed E-state index contributed by atoms with van der Waals surface area (Å²) in [6.45, 7) is 3.19.